The average molecular weight is 254 g/mol. The van der Waals surface area contributed by atoms with Crippen molar-refractivity contribution >= 4 is 28.6 Å². The predicted octanol–water partition coefficient (Wildman–Crippen LogP) is 2.28. The Balaban J connectivity index is 3.22. The second-order valence-corrected chi connectivity index (χ2v) is 2.53. The van der Waals surface area contributed by atoms with Gasteiger partial charge in [-0.25, -0.2) is 4.79 Å². The first-order chi connectivity index (χ1) is 4.81. The van der Waals surface area contributed by atoms with Gasteiger partial charge in [-0.2, -0.15) is 0 Å². The summed E-state index contributed by atoms with van der Waals surface area (Å²) in [4.78, 5) is 10.6. The second kappa shape index (κ2) is 7.05. The number of carbonyl (C=O) groups excluding carboxylic acids is 1. The van der Waals surface area contributed by atoms with Crippen LogP contribution < -0.4 is 0 Å². The number of hydrogen-bond acceptors (Lipinski definition) is 2. The van der Waals surface area contributed by atoms with Gasteiger partial charge in [0.25, 0.3) is 0 Å². The normalized spacial score (nSPS) is 10.2. The van der Waals surface area contributed by atoms with Crippen LogP contribution in [0.2, 0.25) is 0 Å². The number of hydrogen-bond donors (Lipinski definition) is 0. The lowest BCUT2D eigenvalue weighted by molar-refractivity contribution is -0.137. The molecule has 0 saturated heterocycles. The fourth-order valence-corrected chi connectivity index (χ4v) is 0.710. The molecule has 0 rings (SSSR count). The minimum Gasteiger partial charge on any atom is -0.463 e. The van der Waals surface area contributed by atoms with Crippen molar-refractivity contribution in [1.82, 2.24) is 0 Å². The molecular weight excluding hydrogens is 243 g/mol. The van der Waals surface area contributed by atoms with Gasteiger partial charge in [-0.15, -0.1) is 0 Å². The van der Waals surface area contributed by atoms with E-state index >= 15 is 0 Å². The molecule has 0 N–H and O–H groups in total. The first-order valence-electron chi connectivity index (χ1n) is 3.24. The molecule has 0 spiro atoms. The number of ether oxygens (including phenoxy) is 1. The van der Waals surface area contributed by atoms with Gasteiger partial charge in [-0.3, -0.25) is 0 Å². The molecule has 0 bridgehead atoms. The summed E-state index contributed by atoms with van der Waals surface area (Å²) in [5.41, 5.74) is 0. The summed E-state index contributed by atoms with van der Waals surface area (Å²) in [6.45, 7) is 2.60. The lowest BCUT2D eigenvalue weighted by Gasteiger charge is -1.97. The third-order valence-corrected chi connectivity index (χ3v) is 1.30. The van der Waals surface area contributed by atoms with Crippen molar-refractivity contribution in [2.75, 3.05) is 6.61 Å². The van der Waals surface area contributed by atoms with Crippen molar-refractivity contribution in [1.29, 1.82) is 0 Å². The van der Waals surface area contributed by atoms with Crippen LogP contribution in [-0.4, -0.2) is 12.6 Å². The minimum absolute atomic E-state index is 0.247. The zero-order chi connectivity index (χ0) is 7.82. The Morgan fingerprint density at radius 1 is 1.70 bits per heavy atom. The van der Waals surface area contributed by atoms with Gasteiger partial charge in [0, 0.05) is 6.08 Å². The molecule has 0 aliphatic rings. The first kappa shape index (κ1) is 9.94. The summed E-state index contributed by atoms with van der Waals surface area (Å²) in [6, 6.07) is 0. The first-order valence-corrected chi connectivity index (χ1v) is 4.49. The zero-order valence-electron chi connectivity index (χ0n) is 5.97. The van der Waals surface area contributed by atoms with E-state index in [1.54, 1.807) is 4.08 Å². The standard InChI is InChI=1S/C7H11IO2/c1-2-3-6-10-7(9)4-5-8/h4-5H,2-3,6H2,1H3/b5-4-. The van der Waals surface area contributed by atoms with Gasteiger partial charge in [0.1, 0.15) is 0 Å². The molecule has 0 fully saturated rings. The monoisotopic (exact) mass is 254 g/mol. The molecule has 10 heavy (non-hydrogen) atoms. The Morgan fingerprint density at radius 2 is 2.40 bits per heavy atom. The van der Waals surface area contributed by atoms with E-state index in [0.717, 1.165) is 12.8 Å². The highest BCUT2D eigenvalue weighted by molar-refractivity contribution is 14.1. The topological polar surface area (TPSA) is 26.3 Å². The third-order valence-electron chi connectivity index (χ3n) is 0.941. The van der Waals surface area contributed by atoms with E-state index in [1.165, 1.54) is 6.08 Å². The maximum atomic E-state index is 10.6. The maximum Gasteiger partial charge on any atom is 0.331 e. The maximum absolute atomic E-state index is 10.6. The molecule has 0 heterocycles. The lowest BCUT2D eigenvalue weighted by atomic mass is 10.4. The Hall–Kier alpha value is -0.0600. The van der Waals surface area contributed by atoms with Crippen molar-refractivity contribution in [3.63, 3.8) is 0 Å². The minimum atomic E-state index is -0.247. The quantitative estimate of drug-likeness (QED) is 0.333. The van der Waals surface area contributed by atoms with Crippen molar-refractivity contribution < 1.29 is 9.53 Å². The predicted molar refractivity (Wildman–Crippen MR) is 49.0 cm³/mol. The molecule has 2 nitrogen and oxygen atoms in total. The van der Waals surface area contributed by atoms with Crippen molar-refractivity contribution in [3.05, 3.63) is 10.2 Å². The van der Waals surface area contributed by atoms with E-state index in [1.807, 2.05) is 22.6 Å². The summed E-state index contributed by atoms with van der Waals surface area (Å²) >= 11 is 1.98. The van der Waals surface area contributed by atoms with E-state index in [0.29, 0.717) is 6.61 Å². The Kier molecular flexibility index (Phi) is 7.01. The van der Waals surface area contributed by atoms with Crippen LogP contribution in [0.15, 0.2) is 10.2 Å². The highest BCUT2D eigenvalue weighted by Gasteiger charge is 1.92. The van der Waals surface area contributed by atoms with Crippen LogP contribution in [0.5, 0.6) is 0 Å². The average Bonchev–Trinajstić information content (AvgIpc) is 1.89. The summed E-state index contributed by atoms with van der Waals surface area (Å²) < 4.78 is 6.44. The molecule has 0 aromatic heterocycles. The number of unbranched alkanes of at least 4 members (excludes halogenated alkanes) is 1. The van der Waals surface area contributed by atoms with Crippen LogP contribution in [0.1, 0.15) is 19.8 Å². The number of carbonyl (C=O) groups is 1. The summed E-state index contributed by atoms with van der Waals surface area (Å²) in [5, 5.41) is 0. The van der Waals surface area contributed by atoms with Gasteiger partial charge in [-0.1, -0.05) is 35.9 Å². The Morgan fingerprint density at radius 3 is 2.90 bits per heavy atom. The van der Waals surface area contributed by atoms with Crippen LogP contribution in [0.4, 0.5) is 0 Å². The molecule has 0 atom stereocenters. The van der Waals surface area contributed by atoms with Gasteiger partial charge < -0.3 is 4.74 Å². The lowest BCUT2D eigenvalue weighted by Crippen LogP contribution is -2.01. The molecule has 0 aliphatic heterocycles. The molecule has 0 radical (unpaired) electrons. The van der Waals surface area contributed by atoms with Gasteiger partial charge in [0.2, 0.25) is 0 Å². The van der Waals surface area contributed by atoms with Crippen LogP contribution in [-0.2, 0) is 9.53 Å². The SMILES string of the molecule is CCCCOC(=O)/C=C\I. The smallest absolute Gasteiger partial charge is 0.331 e. The largest absolute Gasteiger partial charge is 0.463 e. The van der Waals surface area contributed by atoms with Crippen molar-refractivity contribution in [3.8, 4) is 0 Å². The Bertz CT molecular complexity index is 121. The van der Waals surface area contributed by atoms with Crippen LogP contribution in [0.3, 0.4) is 0 Å². The molecule has 58 valence electrons. The van der Waals surface area contributed by atoms with E-state index in [2.05, 4.69) is 6.92 Å². The summed E-state index contributed by atoms with van der Waals surface area (Å²) in [5.74, 6) is -0.247. The van der Waals surface area contributed by atoms with E-state index in [-0.39, 0.29) is 5.97 Å². The fourth-order valence-electron chi connectivity index (χ4n) is 0.417. The molecule has 0 aromatic rings. The van der Waals surface area contributed by atoms with Crippen LogP contribution >= 0.6 is 22.6 Å². The highest BCUT2D eigenvalue weighted by Crippen LogP contribution is 1.91. The zero-order valence-corrected chi connectivity index (χ0v) is 8.13. The van der Waals surface area contributed by atoms with Gasteiger partial charge >= 0.3 is 5.97 Å². The fraction of sp³-hybridized carbons (Fsp3) is 0.571. The Labute approximate surface area is 74.8 Å². The van der Waals surface area contributed by atoms with Crippen molar-refractivity contribution in [2.24, 2.45) is 0 Å². The van der Waals surface area contributed by atoms with E-state index < -0.39 is 0 Å². The van der Waals surface area contributed by atoms with E-state index in [4.69, 9.17) is 4.74 Å². The molecule has 0 saturated carbocycles. The van der Waals surface area contributed by atoms with E-state index in [9.17, 15) is 4.79 Å². The third kappa shape index (κ3) is 6.07. The van der Waals surface area contributed by atoms with Crippen LogP contribution in [0, 0.1) is 0 Å². The molecule has 0 aliphatic carbocycles. The number of esters is 1. The number of rotatable bonds is 4. The molecule has 0 unspecified atom stereocenters. The van der Waals surface area contributed by atoms with Gasteiger partial charge in [-0.05, 0) is 10.5 Å². The van der Waals surface area contributed by atoms with Gasteiger partial charge in [0.15, 0.2) is 0 Å². The van der Waals surface area contributed by atoms with Crippen molar-refractivity contribution in [2.45, 2.75) is 19.8 Å². The highest BCUT2D eigenvalue weighted by atomic mass is 127. The van der Waals surface area contributed by atoms with Crippen LogP contribution in [0.25, 0.3) is 0 Å². The molecule has 0 aromatic carbocycles. The summed E-state index contributed by atoms with van der Waals surface area (Å²) in [6.07, 6.45) is 3.41. The second-order valence-electron chi connectivity index (χ2n) is 1.81. The molecular formula is C7H11IO2. The molecule has 3 heteroatoms. The van der Waals surface area contributed by atoms with Gasteiger partial charge in [0.05, 0.1) is 6.61 Å². The number of halogens is 1. The molecule has 0 amide bonds. The summed E-state index contributed by atoms with van der Waals surface area (Å²) in [7, 11) is 0.